The second-order valence-electron chi connectivity index (χ2n) is 16.1. The van der Waals surface area contributed by atoms with Crippen molar-refractivity contribution in [3.05, 3.63) is 243 Å². The molecule has 1 aliphatic heterocycles. The number of para-hydroxylation sites is 2. The average molecular weight is 805 g/mol. The molecule has 0 aromatic heterocycles. The van der Waals surface area contributed by atoms with Crippen molar-refractivity contribution >= 4 is 66.4 Å². The number of anilines is 6. The van der Waals surface area contributed by atoms with E-state index in [1.165, 1.54) is 43.8 Å². The van der Waals surface area contributed by atoms with Crippen LogP contribution >= 0.6 is 0 Å². The molecule has 11 aromatic rings. The van der Waals surface area contributed by atoms with Gasteiger partial charge in [0.15, 0.2) is 0 Å². The zero-order valence-electron chi connectivity index (χ0n) is 34.4. The van der Waals surface area contributed by atoms with E-state index in [4.69, 9.17) is 4.74 Å². The van der Waals surface area contributed by atoms with Crippen LogP contribution in [-0.2, 0) is 0 Å². The lowest BCUT2D eigenvalue weighted by atomic mass is 9.92. The number of rotatable bonds is 8. The highest BCUT2D eigenvalue weighted by Crippen LogP contribution is 2.52. The molecule has 0 saturated carbocycles. The van der Waals surface area contributed by atoms with Crippen LogP contribution in [0.4, 0.5) is 34.1 Å². The molecule has 0 fully saturated rings. The van der Waals surface area contributed by atoms with Crippen LogP contribution in [0.2, 0.25) is 0 Å². The lowest BCUT2D eigenvalue weighted by Gasteiger charge is -2.30. The topological polar surface area (TPSA) is 15.7 Å². The molecule has 63 heavy (non-hydrogen) atoms. The predicted octanol–water partition coefficient (Wildman–Crippen LogP) is 17.2. The molecule has 0 spiro atoms. The maximum absolute atomic E-state index is 6.80. The molecule has 0 radical (unpaired) electrons. The van der Waals surface area contributed by atoms with Crippen LogP contribution in [0.1, 0.15) is 0 Å². The lowest BCUT2D eigenvalue weighted by molar-refractivity contribution is 0.487. The van der Waals surface area contributed by atoms with Crippen LogP contribution in [-0.4, -0.2) is 0 Å². The molecule has 0 unspecified atom stereocenters. The summed E-state index contributed by atoms with van der Waals surface area (Å²) < 4.78 is 6.80. The summed E-state index contributed by atoms with van der Waals surface area (Å²) in [7, 11) is 0. The molecule has 0 amide bonds. The highest BCUT2D eigenvalue weighted by atomic mass is 16.5. The van der Waals surface area contributed by atoms with Gasteiger partial charge in [0.25, 0.3) is 0 Å². The quantitative estimate of drug-likeness (QED) is 0.152. The maximum atomic E-state index is 6.80. The van der Waals surface area contributed by atoms with Gasteiger partial charge < -0.3 is 14.5 Å². The van der Waals surface area contributed by atoms with Gasteiger partial charge in [0.05, 0.1) is 5.69 Å². The molecule has 296 valence electrons. The van der Waals surface area contributed by atoms with Crippen LogP contribution in [0, 0.1) is 0 Å². The first-order valence-corrected chi connectivity index (χ1v) is 21.5. The molecule has 3 heteroatoms. The smallest absolute Gasteiger partial charge is 0.136 e. The van der Waals surface area contributed by atoms with Gasteiger partial charge in [-0.25, -0.2) is 0 Å². The minimum atomic E-state index is 0.845. The molecule has 1 heterocycles. The van der Waals surface area contributed by atoms with Crippen molar-refractivity contribution in [2.24, 2.45) is 0 Å². The summed E-state index contributed by atoms with van der Waals surface area (Å²) in [4.78, 5) is 4.69. The van der Waals surface area contributed by atoms with Crippen LogP contribution < -0.4 is 14.5 Å². The van der Waals surface area contributed by atoms with E-state index in [2.05, 4.69) is 252 Å². The number of ether oxygens (including phenoxy) is 1. The first kappa shape index (κ1) is 36.5. The van der Waals surface area contributed by atoms with Crippen molar-refractivity contribution in [1.29, 1.82) is 0 Å². The Labute approximate surface area is 367 Å². The Bertz CT molecular complexity index is 3300. The molecule has 3 nitrogen and oxygen atoms in total. The highest BCUT2D eigenvalue weighted by Gasteiger charge is 2.26. The molecular formula is C60H40N2O. The summed E-state index contributed by atoms with van der Waals surface area (Å²) in [5, 5.41) is 7.17. The van der Waals surface area contributed by atoms with Gasteiger partial charge in [-0.3, -0.25) is 0 Å². The number of hydrogen-bond acceptors (Lipinski definition) is 3. The van der Waals surface area contributed by atoms with Gasteiger partial charge >= 0.3 is 0 Å². The van der Waals surface area contributed by atoms with E-state index in [0.717, 1.165) is 67.5 Å². The summed E-state index contributed by atoms with van der Waals surface area (Å²) in [5.74, 6) is 1.70. The normalized spacial score (nSPS) is 11.6. The van der Waals surface area contributed by atoms with Crippen LogP contribution in [0.15, 0.2) is 243 Å². The third kappa shape index (κ3) is 6.38. The maximum Gasteiger partial charge on any atom is 0.136 e. The van der Waals surface area contributed by atoms with Gasteiger partial charge in [0.2, 0.25) is 0 Å². The summed E-state index contributed by atoms with van der Waals surface area (Å²) in [6, 6.07) is 87.0. The molecule has 12 rings (SSSR count). The Morgan fingerprint density at radius 2 is 0.714 bits per heavy atom. The van der Waals surface area contributed by atoms with E-state index in [-0.39, 0.29) is 0 Å². The van der Waals surface area contributed by atoms with Crippen molar-refractivity contribution in [1.82, 2.24) is 0 Å². The summed E-state index contributed by atoms with van der Waals surface area (Å²) >= 11 is 0. The fourth-order valence-corrected chi connectivity index (χ4v) is 9.50. The first-order chi connectivity index (χ1) is 31.2. The molecule has 1 aliphatic rings. The molecule has 0 aliphatic carbocycles. The number of nitrogens with zero attached hydrogens (tertiary/aromatic N) is 2. The van der Waals surface area contributed by atoms with E-state index in [1.54, 1.807) is 0 Å². The van der Waals surface area contributed by atoms with Gasteiger partial charge in [-0.15, -0.1) is 0 Å². The molecule has 0 atom stereocenters. The van der Waals surface area contributed by atoms with Gasteiger partial charge in [0, 0.05) is 44.8 Å². The molecular weight excluding hydrogens is 765 g/mol. The molecule has 11 aromatic carbocycles. The van der Waals surface area contributed by atoms with E-state index in [0.29, 0.717) is 0 Å². The van der Waals surface area contributed by atoms with Crippen molar-refractivity contribution in [2.45, 2.75) is 0 Å². The van der Waals surface area contributed by atoms with Gasteiger partial charge in [-0.2, -0.15) is 0 Å². The monoisotopic (exact) mass is 804 g/mol. The average Bonchev–Trinajstić information content (AvgIpc) is 3.36. The van der Waals surface area contributed by atoms with Crippen molar-refractivity contribution in [3.63, 3.8) is 0 Å². The largest absolute Gasteiger partial charge is 0.456 e. The fraction of sp³-hybridized carbons (Fsp3) is 0. The van der Waals surface area contributed by atoms with E-state index < -0.39 is 0 Å². The number of hydrogen-bond donors (Lipinski definition) is 0. The van der Waals surface area contributed by atoms with Crippen LogP contribution in [0.5, 0.6) is 11.5 Å². The number of fused-ring (bicyclic) bond motifs is 4. The second kappa shape index (κ2) is 15.3. The Morgan fingerprint density at radius 3 is 1.30 bits per heavy atom. The third-order valence-corrected chi connectivity index (χ3v) is 12.4. The van der Waals surface area contributed by atoms with E-state index >= 15 is 0 Å². The Kier molecular flexibility index (Phi) is 8.83. The minimum absolute atomic E-state index is 0.845. The van der Waals surface area contributed by atoms with Crippen LogP contribution in [0.25, 0.3) is 65.7 Å². The third-order valence-electron chi connectivity index (χ3n) is 12.4. The Morgan fingerprint density at radius 1 is 0.270 bits per heavy atom. The SMILES string of the molecule is c1ccc(N(c2ccccc2)c2ccc3c(c2)-c2cccc4c(N(c5ccc(-c6cccc7ccccc67)cc5)c5ccc(-c6cccc7ccccc67)cc5)ccc(c24)O3)cc1. The number of benzene rings is 11. The van der Waals surface area contributed by atoms with Crippen molar-refractivity contribution < 1.29 is 4.74 Å². The van der Waals surface area contributed by atoms with E-state index in [1.807, 2.05) is 0 Å². The van der Waals surface area contributed by atoms with Crippen LogP contribution in [0.3, 0.4) is 0 Å². The first-order valence-electron chi connectivity index (χ1n) is 21.5. The van der Waals surface area contributed by atoms with Gasteiger partial charge in [-0.1, -0.05) is 164 Å². The molecule has 0 saturated heterocycles. The summed E-state index contributed by atoms with van der Waals surface area (Å²) in [6.45, 7) is 0. The van der Waals surface area contributed by atoms with E-state index in [9.17, 15) is 0 Å². The standard InChI is InChI=1S/C60H40N2O/c1-3-18-45(19-4-1)61(46-20-5-2-6-21-46)49-36-38-58-56(40-49)54-26-13-27-55-57(37-39-59(63-58)60(54)55)62(47-32-28-43(29-33-47)52-24-11-16-41-14-7-9-22-50(41)52)48-34-30-44(31-35-48)53-25-12-17-42-15-8-10-23-51(42)53/h1-40H. The molecule has 0 N–H and O–H groups in total. The lowest BCUT2D eigenvalue weighted by Crippen LogP contribution is -2.12. The zero-order valence-corrected chi connectivity index (χ0v) is 34.4. The molecule has 0 bridgehead atoms. The zero-order chi connectivity index (χ0) is 41.7. The second-order valence-corrected chi connectivity index (χ2v) is 16.1. The summed E-state index contributed by atoms with van der Waals surface area (Å²) in [6.07, 6.45) is 0. The van der Waals surface area contributed by atoms with Crippen molar-refractivity contribution in [3.8, 4) is 44.9 Å². The highest BCUT2D eigenvalue weighted by molar-refractivity contribution is 6.11. The van der Waals surface area contributed by atoms with Crippen molar-refractivity contribution in [2.75, 3.05) is 9.80 Å². The Balaban J connectivity index is 1.01. The minimum Gasteiger partial charge on any atom is -0.456 e. The van der Waals surface area contributed by atoms with Gasteiger partial charge in [0.1, 0.15) is 11.5 Å². The predicted molar refractivity (Wildman–Crippen MR) is 265 cm³/mol. The van der Waals surface area contributed by atoms with Gasteiger partial charge in [-0.05, 0) is 128 Å². The summed E-state index contributed by atoms with van der Waals surface area (Å²) in [5.41, 5.74) is 13.5. The Hall–Kier alpha value is -8.40. The fourth-order valence-electron chi connectivity index (χ4n) is 9.50.